The van der Waals surface area contributed by atoms with Crippen LogP contribution in [-0.2, 0) is 12.8 Å². The fraction of sp³-hybridized carbons (Fsp3) is 0.150. The van der Waals surface area contributed by atoms with Gasteiger partial charge in [0.25, 0.3) is 5.91 Å². The first-order chi connectivity index (χ1) is 13.5. The molecule has 4 aromatic rings. The topological polar surface area (TPSA) is 59.8 Å². The molecule has 0 saturated carbocycles. The third-order valence-corrected chi connectivity index (χ3v) is 6.34. The molecular formula is C20H17ClN4OS2. The van der Waals surface area contributed by atoms with Crippen LogP contribution in [0.4, 0.5) is 5.95 Å². The van der Waals surface area contributed by atoms with Gasteiger partial charge in [0.05, 0.1) is 21.7 Å². The number of nitrogens with zero attached hydrogens (tertiary/aromatic N) is 3. The Bertz CT molecular complexity index is 1150. The first-order valence-electron chi connectivity index (χ1n) is 8.57. The number of hydrogen-bond donors (Lipinski definition) is 1. The Balaban J connectivity index is 1.44. The monoisotopic (exact) mass is 428 g/mol. The summed E-state index contributed by atoms with van der Waals surface area (Å²) in [4.78, 5) is 22.6. The molecule has 0 unspecified atom stereocenters. The first-order valence-corrected chi connectivity index (χ1v) is 10.8. The first kappa shape index (κ1) is 19.0. The molecule has 4 rings (SSSR count). The Kier molecular flexibility index (Phi) is 5.39. The van der Waals surface area contributed by atoms with Crippen LogP contribution in [0.5, 0.6) is 0 Å². The van der Waals surface area contributed by atoms with Gasteiger partial charge in [0.1, 0.15) is 0 Å². The number of hydrogen-bond acceptors (Lipinski definition) is 5. The molecule has 0 aliphatic heterocycles. The third-order valence-electron chi connectivity index (χ3n) is 4.24. The number of nitrogens with one attached hydrogen (secondary N) is 1. The average molecular weight is 429 g/mol. The number of anilines is 1. The summed E-state index contributed by atoms with van der Waals surface area (Å²) in [6.45, 7) is 2.01. The lowest BCUT2D eigenvalue weighted by molar-refractivity contribution is 0.102. The quantitative estimate of drug-likeness (QED) is 0.424. The van der Waals surface area contributed by atoms with Gasteiger partial charge in [-0.15, -0.1) is 23.1 Å². The molecule has 8 heteroatoms. The number of imidazole rings is 1. The molecule has 5 nitrogen and oxygen atoms in total. The van der Waals surface area contributed by atoms with Crippen LogP contribution < -0.4 is 5.32 Å². The van der Waals surface area contributed by atoms with E-state index in [1.807, 2.05) is 48.9 Å². The van der Waals surface area contributed by atoms with Crippen molar-refractivity contribution in [1.29, 1.82) is 0 Å². The van der Waals surface area contributed by atoms with E-state index in [-0.39, 0.29) is 5.91 Å². The molecule has 0 saturated heterocycles. The Labute approximate surface area is 175 Å². The molecule has 0 aliphatic rings. The molecule has 0 fully saturated rings. The molecule has 142 valence electrons. The van der Waals surface area contributed by atoms with Crippen molar-refractivity contribution in [2.75, 3.05) is 5.32 Å². The standard InChI is InChI=1S/C20H17ClN4OS2/c1-12-22-15(10-27-12)11-28-16-6-3-13(4-7-16)19(26)24-20-23-17-9-14(21)5-8-18(17)25(20)2/h3-10H,11H2,1-2H3,(H,23,24,26). The average Bonchev–Trinajstić information content (AvgIpc) is 3.23. The normalized spacial score (nSPS) is 11.1. The zero-order valence-corrected chi connectivity index (χ0v) is 17.7. The number of aromatic nitrogens is 3. The molecule has 2 heterocycles. The minimum atomic E-state index is -0.198. The minimum Gasteiger partial charge on any atom is -0.313 e. The number of carbonyl (C=O) groups is 1. The highest BCUT2D eigenvalue weighted by molar-refractivity contribution is 7.98. The van der Waals surface area contributed by atoms with Gasteiger partial charge in [-0.05, 0) is 49.4 Å². The summed E-state index contributed by atoms with van der Waals surface area (Å²) in [5.41, 5.74) is 3.31. The summed E-state index contributed by atoms with van der Waals surface area (Å²) in [6, 6.07) is 13.0. The smallest absolute Gasteiger partial charge is 0.257 e. The van der Waals surface area contributed by atoms with Gasteiger partial charge in [0.2, 0.25) is 5.95 Å². The van der Waals surface area contributed by atoms with Gasteiger partial charge in [-0.3, -0.25) is 10.1 Å². The molecule has 1 amide bonds. The number of amides is 1. The zero-order valence-electron chi connectivity index (χ0n) is 15.3. The maximum Gasteiger partial charge on any atom is 0.257 e. The maximum absolute atomic E-state index is 12.6. The summed E-state index contributed by atoms with van der Waals surface area (Å²) in [5.74, 6) is 1.11. The number of benzene rings is 2. The second-order valence-corrected chi connectivity index (χ2v) is 8.80. The van der Waals surface area contributed by atoms with Crippen LogP contribution in [0.15, 0.2) is 52.7 Å². The number of carbonyl (C=O) groups excluding carboxylic acids is 1. The van der Waals surface area contributed by atoms with Crippen molar-refractivity contribution in [3.8, 4) is 0 Å². The summed E-state index contributed by atoms with van der Waals surface area (Å²) in [7, 11) is 1.86. The highest BCUT2D eigenvalue weighted by Crippen LogP contribution is 2.25. The van der Waals surface area contributed by atoms with E-state index >= 15 is 0 Å². The molecule has 0 bridgehead atoms. The molecular weight excluding hydrogens is 412 g/mol. The maximum atomic E-state index is 12.6. The second kappa shape index (κ2) is 7.95. The van der Waals surface area contributed by atoms with Crippen molar-refractivity contribution in [1.82, 2.24) is 14.5 Å². The summed E-state index contributed by atoms with van der Waals surface area (Å²) >= 11 is 9.38. The van der Waals surface area contributed by atoms with Gasteiger partial charge in [-0.25, -0.2) is 9.97 Å². The molecule has 0 atom stereocenters. The van der Waals surface area contributed by atoms with Crippen LogP contribution in [0.3, 0.4) is 0 Å². The van der Waals surface area contributed by atoms with Gasteiger partial charge in [0, 0.05) is 33.7 Å². The van der Waals surface area contributed by atoms with Crippen LogP contribution in [0.25, 0.3) is 11.0 Å². The fourth-order valence-electron chi connectivity index (χ4n) is 2.79. The van der Waals surface area contributed by atoms with Crippen LogP contribution in [0.1, 0.15) is 21.1 Å². The van der Waals surface area contributed by atoms with Gasteiger partial charge >= 0.3 is 0 Å². The van der Waals surface area contributed by atoms with E-state index in [1.165, 1.54) is 0 Å². The number of fused-ring (bicyclic) bond motifs is 1. The van der Waals surface area contributed by atoms with Crippen molar-refractivity contribution in [3.63, 3.8) is 0 Å². The lowest BCUT2D eigenvalue weighted by Crippen LogP contribution is -2.14. The van der Waals surface area contributed by atoms with Gasteiger partial charge in [0.15, 0.2) is 0 Å². The highest BCUT2D eigenvalue weighted by atomic mass is 35.5. The number of thioether (sulfide) groups is 1. The van der Waals surface area contributed by atoms with E-state index in [2.05, 4.69) is 20.7 Å². The van der Waals surface area contributed by atoms with E-state index in [0.29, 0.717) is 16.5 Å². The molecule has 0 spiro atoms. The third kappa shape index (κ3) is 4.06. The number of halogens is 1. The molecule has 1 N–H and O–H groups in total. The van der Waals surface area contributed by atoms with Crippen molar-refractivity contribution < 1.29 is 4.79 Å². The predicted molar refractivity (Wildman–Crippen MR) is 117 cm³/mol. The molecule has 0 aliphatic carbocycles. The fourth-order valence-corrected chi connectivity index (χ4v) is 4.47. The van der Waals surface area contributed by atoms with E-state index in [1.54, 1.807) is 35.2 Å². The van der Waals surface area contributed by atoms with Gasteiger partial charge < -0.3 is 4.57 Å². The van der Waals surface area contributed by atoms with Crippen molar-refractivity contribution >= 4 is 57.6 Å². The lowest BCUT2D eigenvalue weighted by atomic mass is 10.2. The Morgan fingerprint density at radius 3 is 2.71 bits per heavy atom. The van der Waals surface area contributed by atoms with E-state index in [9.17, 15) is 4.79 Å². The number of aryl methyl sites for hydroxylation is 2. The predicted octanol–water partition coefficient (Wildman–Crippen LogP) is 5.54. The lowest BCUT2D eigenvalue weighted by Gasteiger charge is -2.06. The van der Waals surface area contributed by atoms with E-state index in [0.717, 1.165) is 32.4 Å². The van der Waals surface area contributed by atoms with Crippen molar-refractivity contribution in [2.24, 2.45) is 7.05 Å². The second-order valence-electron chi connectivity index (χ2n) is 6.25. The number of thiazole rings is 1. The Morgan fingerprint density at radius 1 is 1.21 bits per heavy atom. The van der Waals surface area contributed by atoms with E-state index in [4.69, 9.17) is 11.6 Å². The number of rotatable bonds is 5. The van der Waals surface area contributed by atoms with Crippen LogP contribution >= 0.6 is 34.7 Å². The van der Waals surface area contributed by atoms with Crippen molar-refractivity contribution in [3.05, 3.63) is 69.1 Å². The minimum absolute atomic E-state index is 0.198. The van der Waals surface area contributed by atoms with Crippen molar-refractivity contribution in [2.45, 2.75) is 17.6 Å². The van der Waals surface area contributed by atoms with Gasteiger partial charge in [-0.2, -0.15) is 0 Å². The molecule has 2 aromatic heterocycles. The molecule has 0 radical (unpaired) electrons. The Morgan fingerprint density at radius 2 is 2.00 bits per heavy atom. The van der Waals surface area contributed by atoms with Gasteiger partial charge in [-0.1, -0.05) is 11.6 Å². The summed E-state index contributed by atoms with van der Waals surface area (Å²) < 4.78 is 1.84. The van der Waals surface area contributed by atoms with Crippen LogP contribution in [-0.4, -0.2) is 20.4 Å². The molecule has 28 heavy (non-hydrogen) atoms. The highest BCUT2D eigenvalue weighted by Gasteiger charge is 2.13. The zero-order chi connectivity index (χ0) is 19.7. The summed E-state index contributed by atoms with van der Waals surface area (Å²) in [5, 5.41) is 6.64. The van der Waals surface area contributed by atoms with Crippen LogP contribution in [0, 0.1) is 6.92 Å². The van der Waals surface area contributed by atoms with E-state index < -0.39 is 0 Å². The molecule has 2 aromatic carbocycles. The summed E-state index contributed by atoms with van der Waals surface area (Å²) in [6.07, 6.45) is 0. The van der Waals surface area contributed by atoms with Crippen LogP contribution in [0.2, 0.25) is 5.02 Å². The SMILES string of the molecule is Cc1nc(CSc2ccc(C(=O)Nc3nc4cc(Cl)ccc4n3C)cc2)cs1. The Hall–Kier alpha value is -2.35. The largest absolute Gasteiger partial charge is 0.313 e.